The summed E-state index contributed by atoms with van der Waals surface area (Å²) in [5.41, 5.74) is 4.42. The molecule has 146 valence electrons. The fourth-order valence-corrected chi connectivity index (χ4v) is 4.21. The zero-order valence-corrected chi connectivity index (χ0v) is 16.5. The molecule has 0 spiro atoms. The van der Waals surface area contributed by atoms with Crippen molar-refractivity contribution in [2.75, 3.05) is 5.32 Å². The average Bonchev–Trinajstić information content (AvgIpc) is 3.11. The molecular weight excluding hydrogens is 348 g/mol. The highest BCUT2D eigenvalue weighted by atomic mass is 16.1. The summed E-state index contributed by atoms with van der Waals surface area (Å²) in [7, 11) is 0. The molecule has 0 bridgehead atoms. The van der Waals surface area contributed by atoms with E-state index in [9.17, 15) is 4.79 Å². The molecule has 0 atom stereocenters. The van der Waals surface area contributed by atoms with Crippen LogP contribution in [-0.2, 0) is 24.1 Å². The van der Waals surface area contributed by atoms with E-state index in [0.29, 0.717) is 12.5 Å². The number of fused-ring (bicyclic) bond motifs is 1. The van der Waals surface area contributed by atoms with Crippen LogP contribution < -0.4 is 5.32 Å². The number of nitrogens with zero attached hydrogens (tertiary/aromatic N) is 2. The second kappa shape index (κ2) is 8.55. The third-order valence-corrected chi connectivity index (χ3v) is 5.60. The number of aromatic amines is 1. The Kier molecular flexibility index (Phi) is 5.70. The lowest BCUT2D eigenvalue weighted by molar-refractivity contribution is -0.116. The van der Waals surface area contributed by atoms with Crippen LogP contribution in [0.4, 0.5) is 5.82 Å². The number of carbonyl (C=O) groups excluding carboxylic acids is 1. The molecule has 2 N–H and O–H groups in total. The molecule has 1 aliphatic rings. The van der Waals surface area contributed by atoms with Crippen LogP contribution in [0.5, 0.6) is 0 Å². The molecule has 4 rings (SSSR count). The van der Waals surface area contributed by atoms with E-state index in [-0.39, 0.29) is 5.78 Å². The fourth-order valence-electron chi connectivity index (χ4n) is 4.21. The quantitative estimate of drug-likeness (QED) is 0.631. The Hall–Kier alpha value is -2.69. The minimum absolute atomic E-state index is 0.196. The molecule has 0 unspecified atom stereocenters. The summed E-state index contributed by atoms with van der Waals surface area (Å²) >= 11 is 0. The van der Waals surface area contributed by atoms with Crippen LogP contribution in [0.1, 0.15) is 55.8 Å². The van der Waals surface area contributed by atoms with Crippen molar-refractivity contribution in [3.63, 3.8) is 0 Å². The van der Waals surface area contributed by atoms with Crippen LogP contribution >= 0.6 is 0 Å². The van der Waals surface area contributed by atoms with Gasteiger partial charge in [0, 0.05) is 24.4 Å². The number of aromatic nitrogens is 3. The molecule has 1 aromatic carbocycles. The number of nitrogens with one attached hydrogen (secondary N) is 2. The summed E-state index contributed by atoms with van der Waals surface area (Å²) in [4.78, 5) is 16.0. The van der Waals surface area contributed by atoms with Crippen LogP contribution in [0.2, 0.25) is 0 Å². The van der Waals surface area contributed by atoms with Crippen LogP contribution in [0.3, 0.4) is 0 Å². The van der Waals surface area contributed by atoms with Crippen LogP contribution in [0.15, 0.2) is 36.5 Å². The zero-order valence-electron chi connectivity index (χ0n) is 16.5. The second-order valence-electron chi connectivity index (χ2n) is 7.93. The number of H-pyrrole nitrogens is 1. The lowest BCUT2D eigenvalue weighted by atomic mass is 9.95. The summed E-state index contributed by atoms with van der Waals surface area (Å²) < 4.78 is 0. The van der Waals surface area contributed by atoms with E-state index < -0.39 is 0 Å². The minimum Gasteiger partial charge on any atom is -0.367 e. The van der Waals surface area contributed by atoms with E-state index in [1.54, 1.807) is 6.92 Å². The van der Waals surface area contributed by atoms with Crippen molar-refractivity contribution >= 4 is 22.5 Å². The molecule has 5 nitrogen and oxygen atoms in total. The van der Waals surface area contributed by atoms with Crippen molar-refractivity contribution in [3.8, 4) is 0 Å². The van der Waals surface area contributed by atoms with Gasteiger partial charge in [-0.3, -0.25) is 9.89 Å². The molecule has 1 fully saturated rings. The third kappa shape index (κ3) is 4.41. The van der Waals surface area contributed by atoms with Gasteiger partial charge in [0.2, 0.25) is 0 Å². The number of hydrogen-bond acceptors (Lipinski definition) is 4. The highest BCUT2D eigenvalue weighted by Crippen LogP contribution is 2.27. The van der Waals surface area contributed by atoms with Crippen LogP contribution in [0.25, 0.3) is 10.9 Å². The molecule has 0 radical (unpaired) electrons. The first-order chi connectivity index (χ1) is 13.7. The maximum atomic E-state index is 11.4. The van der Waals surface area contributed by atoms with E-state index in [1.165, 1.54) is 37.7 Å². The molecule has 28 heavy (non-hydrogen) atoms. The summed E-state index contributed by atoms with van der Waals surface area (Å²) in [6.07, 6.45) is 10.5. The zero-order chi connectivity index (χ0) is 19.3. The predicted molar refractivity (Wildman–Crippen MR) is 113 cm³/mol. The maximum absolute atomic E-state index is 11.4. The Morgan fingerprint density at radius 2 is 1.96 bits per heavy atom. The molecule has 5 heteroatoms. The maximum Gasteiger partial charge on any atom is 0.137 e. The summed E-state index contributed by atoms with van der Waals surface area (Å²) in [6.45, 7) is 1.64. The summed E-state index contributed by atoms with van der Waals surface area (Å²) in [6, 6.07) is 10.8. The van der Waals surface area contributed by atoms with E-state index >= 15 is 0 Å². The fraction of sp³-hybridized carbons (Fsp3) is 0.435. The Labute approximate surface area is 166 Å². The molecule has 1 aliphatic carbocycles. The van der Waals surface area contributed by atoms with Crippen LogP contribution in [-0.4, -0.2) is 27.0 Å². The minimum atomic E-state index is 0.196. The third-order valence-electron chi connectivity index (χ3n) is 5.60. The molecule has 2 heterocycles. The number of pyridine rings is 1. The Morgan fingerprint density at radius 1 is 1.14 bits per heavy atom. The predicted octanol–water partition coefficient (Wildman–Crippen LogP) is 4.62. The van der Waals surface area contributed by atoms with Gasteiger partial charge >= 0.3 is 0 Å². The van der Waals surface area contributed by atoms with Gasteiger partial charge in [0.25, 0.3) is 0 Å². The molecule has 0 aliphatic heterocycles. The topological polar surface area (TPSA) is 70.7 Å². The molecule has 0 amide bonds. The first kappa shape index (κ1) is 18.7. The normalized spacial score (nSPS) is 15.0. The van der Waals surface area contributed by atoms with Gasteiger partial charge in [-0.15, -0.1) is 0 Å². The number of anilines is 1. The largest absolute Gasteiger partial charge is 0.367 e. The smallest absolute Gasteiger partial charge is 0.137 e. The number of Topliss-reactive ketones (excluding diaryl/α,β-unsaturated/α-hetero) is 1. The van der Waals surface area contributed by atoms with Gasteiger partial charge in [-0.2, -0.15) is 5.10 Å². The average molecular weight is 377 g/mol. The summed E-state index contributed by atoms with van der Waals surface area (Å²) in [5.74, 6) is 1.15. The van der Waals surface area contributed by atoms with E-state index in [2.05, 4.69) is 32.6 Å². The van der Waals surface area contributed by atoms with Gasteiger partial charge < -0.3 is 5.32 Å². The lowest BCUT2D eigenvalue weighted by Gasteiger charge is -2.23. The number of rotatable bonds is 7. The van der Waals surface area contributed by atoms with Crippen molar-refractivity contribution in [1.29, 1.82) is 0 Å². The Balaban J connectivity index is 1.52. The van der Waals surface area contributed by atoms with Crippen molar-refractivity contribution in [2.24, 2.45) is 0 Å². The van der Waals surface area contributed by atoms with Gasteiger partial charge in [0.05, 0.1) is 10.9 Å². The van der Waals surface area contributed by atoms with Gasteiger partial charge in [-0.1, -0.05) is 43.5 Å². The Morgan fingerprint density at radius 3 is 2.79 bits per heavy atom. The first-order valence-corrected chi connectivity index (χ1v) is 10.3. The van der Waals surface area contributed by atoms with Gasteiger partial charge in [0.1, 0.15) is 11.6 Å². The Bertz CT molecular complexity index is 956. The number of carbonyl (C=O) groups is 1. The van der Waals surface area contributed by atoms with E-state index in [4.69, 9.17) is 0 Å². The van der Waals surface area contributed by atoms with E-state index in [0.717, 1.165) is 40.8 Å². The first-order valence-electron chi connectivity index (χ1n) is 10.3. The summed E-state index contributed by atoms with van der Waals surface area (Å²) in [5, 5.41) is 12.5. The monoisotopic (exact) mass is 376 g/mol. The molecule has 0 saturated heterocycles. The number of aryl methyl sites for hydroxylation is 2. The van der Waals surface area contributed by atoms with Gasteiger partial charge in [0.15, 0.2) is 0 Å². The van der Waals surface area contributed by atoms with E-state index in [1.807, 2.05) is 24.4 Å². The number of benzene rings is 1. The number of ketones is 1. The second-order valence-corrected chi connectivity index (χ2v) is 7.93. The van der Waals surface area contributed by atoms with Crippen LogP contribution in [0, 0.1) is 0 Å². The molecule has 1 saturated carbocycles. The van der Waals surface area contributed by atoms with Crippen molar-refractivity contribution in [3.05, 3.63) is 53.3 Å². The van der Waals surface area contributed by atoms with Crippen molar-refractivity contribution in [2.45, 2.75) is 64.3 Å². The highest BCUT2D eigenvalue weighted by molar-refractivity contribution is 5.91. The standard InChI is InChI=1S/C23H28N4O/c1-16(28)14-18-7-5-6-17(15-18)10-11-20-22-21(27-26-20)12-13-24-23(22)25-19-8-3-2-4-9-19/h5-7,12-13,15,19H,2-4,8-11,14H2,1H3,(H,24,25)(H,26,27). The molecule has 3 aromatic rings. The van der Waals surface area contributed by atoms with Crippen molar-refractivity contribution < 1.29 is 4.79 Å². The van der Waals surface area contributed by atoms with Gasteiger partial charge in [-0.05, 0) is 49.8 Å². The molecular formula is C23H28N4O. The molecule has 2 aromatic heterocycles. The van der Waals surface area contributed by atoms with Crippen molar-refractivity contribution in [1.82, 2.24) is 15.2 Å². The van der Waals surface area contributed by atoms with Gasteiger partial charge in [-0.25, -0.2) is 4.98 Å². The number of hydrogen-bond donors (Lipinski definition) is 2. The SMILES string of the molecule is CC(=O)Cc1cccc(CCc2[nH]nc3ccnc(NC4CCCCC4)c23)c1. The lowest BCUT2D eigenvalue weighted by Crippen LogP contribution is -2.23. The highest BCUT2D eigenvalue weighted by Gasteiger charge is 2.17.